The summed E-state index contributed by atoms with van der Waals surface area (Å²) in [4.78, 5) is 12.1. The van der Waals surface area contributed by atoms with Gasteiger partial charge < -0.3 is 11.1 Å². The van der Waals surface area contributed by atoms with Crippen molar-refractivity contribution in [1.82, 2.24) is 0 Å². The molecule has 0 saturated carbocycles. The molecule has 0 radical (unpaired) electrons. The van der Waals surface area contributed by atoms with Crippen LogP contribution >= 0.6 is 11.8 Å². The van der Waals surface area contributed by atoms with Crippen LogP contribution in [0.25, 0.3) is 0 Å². The van der Waals surface area contributed by atoms with Crippen molar-refractivity contribution in [1.29, 1.82) is 0 Å². The predicted molar refractivity (Wildman–Crippen MR) is 74.4 cm³/mol. The average Bonchev–Trinajstić information content (AvgIpc) is 2.38. The third kappa shape index (κ3) is 4.42. The zero-order valence-electron chi connectivity index (χ0n) is 11.3. The number of rotatable bonds is 5. The van der Waals surface area contributed by atoms with Crippen molar-refractivity contribution in [3.63, 3.8) is 0 Å². The number of halogens is 3. The molecule has 3 N–H and O–H groups in total. The van der Waals surface area contributed by atoms with Crippen LogP contribution in [0.3, 0.4) is 0 Å². The minimum Gasteiger partial charge on any atom is -0.329 e. The molecule has 0 aliphatic carbocycles. The number of benzene rings is 1. The van der Waals surface area contributed by atoms with E-state index in [4.69, 9.17) is 5.73 Å². The molecule has 0 heterocycles. The Kier molecular flexibility index (Phi) is 5.47. The Morgan fingerprint density at radius 1 is 1.35 bits per heavy atom. The van der Waals surface area contributed by atoms with Crippen molar-refractivity contribution in [3.05, 3.63) is 24.3 Å². The number of carbonyl (C=O) groups excluding carboxylic acids is 1. The molecule has 1 aromatic carbocycles. The highest BCUT2D eigenvalue weighted by molar-refractivity contribution is 8.00. The van der Waals surface area contributed by atoms with Gasteiger partial charge in [0, 0.05) is 11.4 Å². The van der Waals surface area contributed by atoms with Crippen molar-refractivity contribution in [3.8, 4) is 0 Å². The smallest absolute Gasteiger partial charge is 0.329 e. The maximum atomic E-state index is 12.5. The normalized spacial score (nSPS) is 14.7. The summed E-state index contributed by atoms with van der Waals surface area (Å²) in [6.45, 7) is 3.62. The summed E-state index contributed by atoms with van der Waals surface area (Å²) in [6.07, 6.45) is 0.504. The number of nitrogens with one attached hydrogen (secondary N) is 1. The Morgan fingerprint density at radius 3 is 2.45 bits per heavy atom. The highest BCUT2D eigenvalue weighted by atomic mass is 32.2. The van der Waals surface area contributed by atoms with Crippen LogP contribution in [0.15, 0.2) is 29.2 Å². The maximum Gasteiger partial charge on any atom is 0.446 e. The molecule has 3 nitrogen and oxygen atoms in total. The van der Waals surface area contributed by atoms with E-state index in [0.717, 1.165) is 0 Å². The molecule has 0 aliphatic rings. The highest BCUT2D eigenvalue weighted by Crippen LogP contribution is 2.40. The van der Waals surface area contributed by atoms with E-state index in [9.17, 15) is 18.0 Å². The standard InChI is InChI=1S/C13H17F3N2OS/c1-3-12(2,8-17)11(19)18-9-6-4-5-7-10(9)20-13(14,15)16/h4-7H,3,8,17H2,1-2H3,(H,18,19). The molecule has 0 bridgehead atoms. The van der Waals surface area contributed by atoms with Gasteiger partial charge in [0.05, 0.1) is 11.1 Å². The summed E-state index contributed by atoms with van der Waals surface area (Å²) in [5, 5.41) is 2.54. The number of hydrogen-bond acceptors (Lipinski definition) is 3. The maximum absolute atomic E-state index is 12.5. The number of anilines is 1. The first-order chi connectivity index (χ1) is 9.22. The second-order valence-corrected chi connectivity index (χ2v) is 5.72. The number of alkyl halides is 3. The van der Waals surface area contributed by atoms with Gasteiger partial charge in [0.15, 0.2) is 0 Å². The van der Waals surface area contributed by atoms with E-state index in [1.54, 1.807) is 13.0 Å². The third-order valence-corrected chi connectivity index (χ3v) is 3.95. The molecule has 1 aromatic rings. The Balaban J connectivity index is 2.96. The second-order valence-electron chi connectivity index (χ2n) is 4.62. The summed E-state index contributed by atoms with van der Waals surface area (Å²) < 4.78 is 37.4. The van der Waals surface area contributed by atoms with Crippen molar-refractivity contribution >= 4 is 23.4 Å². The van der Waals surface area contributed by atoms with E-state index in [0.29, 0.717) is 6.42 Å². The predicted octanol–water partition coefficient (Wildman–Crippen LogP) is 3.61. The van der Waals surface area contributed by atoms with Crippen LogP contribution in [0.1, 0.15) is 20.3 Å². The zero-order chi connectivity index (χ0) is 15.4. The van der Waals surface area contributed by atoms with Crippen molar-refractivity contribution in [2.45, 2.75) is 30.7 Å². The molecule has 112 valence electrons. The summed E-state index contributed by atoms with van der Waals surface area (Å²) in [7, 11) is 0. The van der Waals surface area contributed by atoms with Crippen LogP contribution < -0.4 is 11.1 Å². The molecule has 0 aromatic heterocycles. The van der Waals surface area contributed by atoms with Gasteiger partial charge in [0.1, 0.15) is 0 Å². The SMILES string of the molecule is CCC(C)(CN)C(=O)Nc1ccccc1SC(F)(F)F. The van der Waals surface area contributed by atoms with Crippen LogP contribution in [0, 0.1) is 5.41 Å². The largest absolute Gasteiger partial charge is 0.446 e. The van der Waals surface area contributed by atoms with Gasteiger partial charge in [-0.3, -0.25) is 4.79 Å². The summed E-state index contributed by atoms with van der Waals surface area (Å²) >= 11 is -0.251. The number of carbonyl (C=O) groups is 1. The first kappa shape index (κ1) is 16.8. The number of amides is 1. The number of nitrogens with two attached hydrogens (primary N) is 1. The topological polar surface area (TPSA) is 55.1 Å². The lowest BCUT2D eigenvalue weighted by molar-refractivity contribution is -0.124. The average molecular weight is 306 g/mol. The van der Waals surface area contributed by atoms with Gasteiger partial charge in [-0.25, -0.2) is 0 Å². The molecular formula is C13H17F3N2OS. The molecule has 7 heteroatoms. The van der Waals surface area contributed by atoms with Gasteiger partial charge in [-0.15, -0.1) is 0 Å². The van der Waals surface area contributed by atoms with Crippen molar-refractivity contribution in [2.75, 3.05) is 11.9 Å². The third-order valence-electron chi connectivity index (χ3n) is 3.14. The lowest BCUT2D eigenvalue weighted by Crippen LogP contribution is -2.39. The molecule has 0 spiro atoms. The zero-order valence-corrected chi connectivity index (χ0v) is 12.1. The molecule has 20 heavy (non-hydrogen) atoms. The van der Waals surface area contributed by atoms with Crippen LogP contribution in [0.5, 0.6) is 0 Å². The van der Waals surface area contributed by atoms with Crippen LogP contribution in [0.4, 0.5) is 18.9 Å². The fourth-order valence-electron chi connectivity index (χ4n) is 1.45. The summed E-state index contributed by atoms with van der Waals surface area (Å²) in [5.41, 5.74) is 0.516. The molecule has 0 fully saturated rings. The Bertz CT molecular complexity index is 473. The van der Waals surface area contributed by atoms with E-state index in [-0.39, 0.29) is 34.8 Å². The van der Waals surface area contributed by atoms with Gasteiger partial charge in [0.2, 0.25) is 5.91 Å². The number of thioether (sulfide) groups is 1. The van der Waals surface area contributed by atoms with Crippen LogP contribution in [-0.2, 0) is 4.79 Å². The van der Waals surface area contributed by atoms with Crippen LogP contribution in [0.2, 0.25) is 0 Å². The van der Waals surface area contributed by atoms with Crippen molar-refractivity contribution in [2.24, 2.45) is 11.1 Å². The lowest BCUT2D eigenvalue weighted by Gasteiger charge is -2.25. The highest BCUT2D eigenvalue weighted by Gasteiger charge is 2.33. The van der Waals surface area contributed by atoms with Crippen molar-refractivity contribution < 1.29 is 18.0 Å². The Morgan fingerprint density at radius 2 is 1.95 bits per heavy atom. The quantitative estimate of drug-likeness (QED) is 0.817. The van der Waals surface area contributed by atoms with E-state index in [1.165, 1.54) is 18.2 Å². The Hall–Kier alpha value is -1.21. The van der Waals surface area contributed by atoms with E-state index in [1.807, 2.05) is 6.92 Å². The molecule has 1 atom stereocenters. The van der Waals surface area contributed by atoms with E-state index in [2.05, 4.69) is 5.32 Å². The molecule has 1 amide bonds. The first-order valence-corrected chi connectivity index (χ1v) is 6.90. The molecular weight excluding hydrogens is 289 g/mol. The minimum atomic E-state index is -4.40. The van der Waals surface area contributed by atoms with E-state index < -0.39 is 10.9 Å². The number of hydrogen-bond donors (Lipinski definition) is 2. The lowest BCUT2D eigenvalue weighted by atomic mass is 9.86. The van der Waals surface area contributed by atoms with Gasteiger partial charge in [0.25, 0.3) is 0 Å². The summed E-state index contributed by atoms with van der Waals surface area (Å²) in [6, 6.07) is 5.82. The minimum absolute atomic E-state index is 0.0381. The van der Waals surface area contributed by atoms with Gasteiger partial charge in [-0.1, -0.05) is 19.1 Å². The summed E-state index contributed by atoms with van der Waals surface area (Å²) in [5.74, 6) is -0.377. The Labute approximate surface area is 120 Å². The monoisotopic (exact) mass is 306 g/mol. The van der Waals surface area contributed by atoms with Gasteiger partial charge in [-0.05, 0) is 37.2 Å². The fraction of sp³-hybridized carbons (Fsp3) is 0.462. The molecule has 0 saturated heterocycles. The second kappa shape index (κ2) is 6.49. The van der Waals surface area contributed by atoms with Crippen LogP contribution in [-0.4, -0.2) is 18.0 Å². The van der Waals surface area contributed by atoms with Gasteiger partial charge >= 0.3 is 5.51 Å². The first-order valence-electron chi connectivity index (χ1n) is 6.08. The molecule has 1 unspecified atom stereocenters. The van der Waals surface area contributed by atoms with Gasteiger partial charge in [-0.2, -0.15) is 13.2 Å². The number of para-hydroxylation sites is 1. The molecule has 0 aliphatic heterocycles. The fourth-order valence-corrected chi connectivity index (χ4v) is 2.08. The van der Waals surface area contributed by atoms with E-state index >= 15 is 0 Å². The molecule has 1 rings (SSSR count).